The minimum atomic E-state index is 0.132. The minimum Gasteiger partial charge on any atom is -0.326 e. The minimum absolute atomic E-state index is 0.132. The Balaban J connectivity index is 1.75. The molecule has 0 aliphatic heterocycles. The Morgan fingerprint density at radius 1 is 0.680 bits per heavy atom. The van der Waals surface area contributed by atoms with Crippen LogP contribution >= 0.6 is 0 Å². The lowest BCUT2D eigenvalue weighted by atomic mass is 9.96. The van der Waals surface area contributed by atoms with Crippen LogP contribution in [-0.4, -0.2) is 9.55 Å². The van der Waals surface area contributed by atoms with Gasteiger partial charge in [0, 0.05) is 6.20 Å². The highest BCUT2D eigenvalue weighted by Gasteiger charge is 2.16. The van der Waals surface area contributed by atoms with Crippen molar-refractivity contribution in [1.82, 2.24) is 9.55 Å². The van der Waals surface area contributed by atoms with Crippen molar-refractivity contribution in [3.63, 3.8) is 0 Å². The van der Waals surface area contributed by atoms with Crippen molar-refractivity contribution in [1.29, 1.82) is 0 Å². The maximum atomic E-state index is 4.42. The van der Waals surface area contributed by atoms with Gasteiger partial charge in [-0.25, -0.2) is 4.98 Å². The first-order chi connectivity index (χ1) is 12.3. The molecule has 0 saturated carbocycles. The van der Waals surface area contributed by atoms with Crippen LogP contribution in [0.3, 0.4) is 0 Å². The zero-order valence-corrected chi connectivity index (χ0v) is 14.2. The summed E-state index contributed by atoms with van der Waals surface area (Å²) in [6.45, 7) is 2.02. The third kappa shape index (κ3) is 3.24. The van der Waals surface area contributed by atoms with Crippen LogP contribution in [0.4, 0.5) is 0 Å². The monoisotopic (exact) mass is 324 g/mol. The third-order valence-corrected chi connectivity index (χ3v) is 4.48. The maximum absolute atomic E-state index is 4.42. The summed E-state index contributed by atoms with van der Waals surface area (Å²) in [4.78, 5) is 4.42. The number of nitrogens with zero attached hydrogens (tertiary/aromatic N) is 2. The van der Waals surface area contributed by atoms with Gasteiger partial charge in [-0.15, -0.1) is 0 Å². The van der Waals surface area contributed by atoms with Crippen molar-refractivity contribution < 1.29 is 0 Å². The van der Waals surface area contributed by atoms with Gasteiger partial charge in [0.15, 0.2) is 0 Å². The van der Waals surface area contributed by atoms with Crippen LogP contribution < -0.4 is 0 Å². The normalized spacial score (nSPS) is 12.0. The zero-order chi connectivity index (χ0) is 17.1. The SMILES string of the molecule is Cc1cn(C(c2ccccc2)c2ccc(-c3ccccc3)cc2)cn1. The van der Waals surface area contributed by atoms with Gasteiger partial charge in [0.1, 0.15) is 0 Å². The molecule has 1 aromatic heterocycles. The highest BCUT2D eigenvalue weighted by Crippen LogP contribution is 2.29. The Bertz CT molecular complexity index is 938. The molecule has 0 saturated heterocycles. The summed E-state index contributed by atoms with van der Waals surface area (Å²) < 4.78 is 2.18. The topological polar surface area (TPSA) is 17.8 Å². The van der Waals surface area contributed by atoms with E-state index >= 15 is 0 Å². The molecule has 0 aliphatic carbocycles. The van der Waals surface area contributed by atoms with E-state index in [2.05, 4.69) is 94.6 Å². The molecule has 122 valence electrons. The number of aryl methyl sites for hydroxylation is 1. The van der Waals surface area contributed by atoms with Gasteiger partial charge in [-0.2, -0.15) is 0 Å². The maximum Gasteiger partial charge on any atom is 0.0957 e. The van der Waals surface area contributed by atoms with Crippen LogP contribution in [0.1, 0.15) is 22.9 Å². The molecule has 0 N–H and O–H groups in total. The largest absolute Gasteiger partial charge is 0.326 e. The molecule has 1 unspecified atom stereocenters. The molecule has 3 aromatic carbocycles. The molecular weight excluding hydrogens is 304 g/mol. The Hall–Kier alpha value is -3.13. The van der Waals surface area contributed by atoms with Gasteiger partial charge >= 0.3 is 0 Å². The molecule has 0 fully saturated rings. The predicted molar refractivity (Wildman–Crippen MR) is 103 cm³/mol. The van der Waals surface area contributed by atoms with E-state index in [4.69, 9.17) is 0 Å². The van der Waals surface area contributed by atoms with Gasteiger partial charge in [0.2, 0.25) is 0 Å². The number of rotatable bonds is 4. The van der Waals surface area contributed by atoms with Crippen LogP contribution in [-0.2, 0) is 0 Å². The van der Waals surface area contributed by atoms with Gasteiger partial charge in [0.05, 0.1) is 18.1 Å². The van der Waals surface area contributed by atoms with Crippen molar-refractivity contribution in [3.05, 3.63) is 114 Å². The Kier molecular flexibility index (Phi) is 4.17. The van der Waals surface area contributed by atoms with Crippen molar-refractivity contribution in [2.75, 3.05) is 0 Å². The van der Waals surface area contributed by atoms with E-state index in [9.17, 15) is 0 Å². The molecule has 2 heteroatoms. The average molecular weight is 324 g/mol. The highest BCUT2D eigenvalue weighted by molar-refractivity contribution is 5.63. The molecule has 0 aliphatic rings. The van der Waals surface area contributed by atoms with E-state index in [0.717, 1.165) is 5.69 Å². The van der Waals surface area contributed by atoms with Crippen LogP contribution in [0.5, 0.6) is 0 Å². The molecule has 0 bridgehead atoms. The van der Waals surface area contributed by atoms with E-state index in [1.165, 1.54) is 22.3 Å². The summed E-state index contributed by atoms with van der Waals surface area (Å²) in [6, 6.07) is 30.0. The molecule has 1 heterocycles. The molecular formula is C23H20N2. The molecule has 25 heavy (non-hydrogen) atoms. The predicted octanol–water partition coefficient (Wildman–Crippen LogP) is 5.50. The van der Waals surface area contributed by atoms with E-state index in [1.54, 1.807) is 0 Å². The smallest absolute Gasteiger partial charge is 0.0957 e. The quantitative estimate of drug-likeness (QED) is 0.485. The number of imidazole rings is 1. The zero-order valence-electron chi connectivity index (χ0n) is 14.2. The first-order valence-electron chi connectivity index (χ1n) is 8.52. The van der Waals surface area contributed by atoms with E-state index < -0.39 is 0 Å². The molecule has 4 rings (SSSR count). The number of benzene rings is 3. The molecule has 4 aromatic rings. The van der Waals surface area contributed by atoms with Gasteiger partial charge in [-0.3, -0.25) is 0 Å². The van der Waals surface area contributed by atoms with Crippen molar-refractivity contribution >= 4 is 0 Å². The summed E-state index contributed by atoms with van der Waals surface area (Å²) in [7, 11) is 0. The van der Waals surface area contributed by atoms with E-state index in [0.29, 0.717) is 0 Å². The van der Waals surface area contributed by atoms with Crippen molar-refractivity contribution in [2.45, 2.75) is 13.0 Å². The number of hydrogen-bond acceptors (Lipinski definition) is 1. The Morgan fingerprint density at radius 3 is 1.84 bits per heavy atom. The van der Waals surface area contributed by atoms with Crippen LogP contribution in [0, 0.1) is 6.92 Å². The van der Waals surface area contributed by atoms with E-state index in [1.807, 2.05) is 19.3 Å². The van der Waals surface area contributed by atoms with Gasteiger partial charge in [-0.1, -0.05) is 84.9 Å². The molecule has 0 radical (unpaired) electrons. The van der Waals surface area contributed by atoms with Crippen molar-refractivity contribution in [3.8, 4) is 11.1 Å². The lowest BCUT2D eigenvalue weighted by Crippen LogP contribution is -2.10. The lowest BCUT2D eigenvalue weighted by molar-refractivity contribution is 0.676. The fraction of sp³-hybridized carbons (Fsp3) is 0.0870. The van der Waals surface area contributed by atoms with Crippen LogP contribution in [0.2, 0.25) is 0 Å². The second-order valence-electron chi connectivity index (χ2n) is 6.26. The van der Waals surface area contributed by atoms with Gasteiger partial charge in [0.25, 0.3) is 0 Å². The summed E-state index contributed by atoms with van der Waals surface area (Å²) in [5.41, 5.74) is 6.01. The van der Waals surface area contributed by atoms with Gasteiger partial charge in [-0.05, 0) is 29.2 Å². The summed E-state index contributed by atoms with van der Waals surface area (Å²) in [5.74, 6) is 0. The first kappa shape index (κ1) is 15.4. The average Bonchev–Trinajstić information content (AvgIpc) is 3.10. The fourth-order valence-corrected chi connectivity index (χ4v) is 3.24. The third-order valence-electron chi connectivity index (χ3n) is 4.48. The van der Waals surface area contributed by atoms with Crippen LogP contribution in [0.15, 0.2) is 97.5 Å². The van der Waals surface area contributed by atoms with Crippen molar-refractivity contribution in [2.24, 2.45) is 0 Å². The number of hydrogen-bond donors (Lipinski definition) is 0. The first-order valence-corrected chi connectivity index (χ1v) is 8.52. The number of aromatic nitrogens is 2. The second kappa shape index (κ2) is 6.78. The molecule has 1 atom stereocenters. The Labute approximate surface area is 148 Å². The molecule has 0 amide bonds. The Morgan fingerprint density at radius 2 is 1.24 bits per heavy atom. The summed E-state index contributed by atoms with van der Waals surface area (Å²) in [5, 5.41) is 0. The van der Waals surface area contributed by atoms with Gasteiger partial charge < -0.3 is 4.57 Å². The van der Waals surface area contributed by atoms with Crippen LogP contribution in [0.25, 0.3) is 11.1 Å². The standard InChI is InChI=1S/C23H20N2/c1-18-16-25(17-24-18)23(21-10-6-3-7-11-21)22-14-12-20(13-15-22)19-8-4-2-5-9-19/h2-17,23H,1H3. The fourth-order valence-electron chi connectivity index (χ4n) is 3.24. The molecule has 0 spiro atoms. The lowest BCUT2D eigenvalue weighted by Gasteiger charge is -2.20. The second-order valence-corrected chi connectivity index (χ2v) is 6.26. The highest BCUT2D eigenvalue weighted by atomic mass is 15.1. The summed E-state index contributed by atoms with van der Waals surface area (Å²) >= 11 is 0. The summed E-state index contributed by atoms with van der Waals surface area (Å²) in [6.07, 6.45) is 4.01. The van der Waals surface area contributed by atoms with E-state index in [-0.39, 0.29) is 6.04 Å². The molecule has 2 nitrogen and oxygen atoms in total.